The van der Waals surface area contributed by atoms with Crippen LogP contribution in [0.3, 0.4) is 0 Å². The highest BCUT2D eigenvalue weighted by Gasteiger charge is 2.07. The standard InChI is InChI=1S/C14H13N3O2S/c18-12(13-4-2-10-20-13)3-1-7-16-8-9-17-11(14(16)19)5-6-15-17/h2,4-6,8-10H,1,3,7H2. The highest BCUT2D eigenvalue weighted by Crippen LogP contribution is 2.12. The Hall–Kier alpha value is -2.21. The molecule has 3 aromatic rings. The van der Waals surface area contributed by atoms with Gasteiger partial charge in [-0.15, -0.1) is 11.3 Å². The summed E-state index contributed by atoms with van der Waals surface area (Å²) in [5.41, 5.74) is 0.477. The van der Waals surface area contributed by atoms with Gasteiger partial charge in [-0.3, -0.25) is 9.59 Å². The van der Waals surface area contributed by atoms with Crippen LogP contribution in [0, 0.1) is 0 Å². The van der Waals surface area contributed by atoms with Crippen molar-refractivity contribution in [2.75, 3.05) is 0 Å². The number of carbonyl (C=O) groups is 1. The number of nitrogens with zero attached hydrogens (tertiary/aromatic N) is 3. The summed E-state index contributed by atoms with van der Waals surface area (Å²) in [5, 5.41) is 5.91. The molecule has 0 aliphatic heterocycles. The molecular weight excluding hydrogens is 274 g/mol. The molecule has 3 rings (SSSR count). The molecule has 6 heteroatoms. The summed E-state index contributed by atoms with van der Waals surface area (Å²) in [7, 11) is 0. The molecule has 0 aliphatic rings. The number of aryl methyl sites for hydroxylation is 1. The monoisotopic (exact) mass is 287 g/mol. The number of ketones is 1. The SMILES string of the molecule is O=C(CCCn1ccn2nccc2c1=O)c1cccs1. The van der Waals surface area contributed by atoms with Crippen LogP contribution < -0.4 is 5.56 Å². The maximum Gasteiger partial charge on any atom is 0.276 e. The summed E-state index contributed by atoms with van der Waals surface area (Å²) in [5.74, 6) is 0.137. The second kappa shape index (κ2) is 5.42. The molecule has 5 nitrogen and oxygen atoms in total. The predicted molar refractivity (Wildman–Crippen MR) is 77.3 cm³/mol. The summed E-state index contributed by atoms with van der Waals surface area (Å²) >= 11 is 1.45. The first-order valence-electron chi connectivity index (χ1n) is 6.35. The van der Waals surface area contributed by atoms with Crippen molar-refractivity contribution in [1.82, 2.24) is 14.2 Å². The molecular formula is C14H13N3O2S. The molecule has 0 radical (unpaired) electrons. The Bertz CT molecular complexity index is 786. The van der Waals surface area contributed by atoms with Gasteiger partial charge in [0.25, 0.3) is 5.56 Å². The summed E-state index contributed by atoms with van der Waals surface area (Å²) < 4.78 is 3.17. The van der Waals surface area contributed by atoms with Crippen molar-refractivity contribution in [2.45, 2.75) is 19.4 Å². The molecule has 0 saturated heterocycles. The maximum absolute atomic E-state index is 12.1. The minimum absolute atomic E-state index is 0.0754. The summed E-state index contributed by atoms with van der Waals surface area (Å²) in [6.45, 7) is 0.539. The van der Waals surface area contributed by atoms with E-state index in [-0.39, 0.29) is 11.3 Å². The van der Waals surface area contributed by atoms with Gasteiger partial charge in [-0.05, 0) is 23.9 Å². The zero-order valence-corrected chi connectivity index (χ0v) is 11.5. The molecule has 0 N–H and O–H groups in total. The van der Waals surface area contributed by atoms with E-state index in [2.05, 4.69) is 5.10 Å². The molecule has 0 spiro atoms. The van der Waals surface area contributed by atoms with E-state index in [1.807, 2.05) is 17.5 Å². The maximum atomic E-state index is 12.1. The number of hydrogen-bond acceptors (Lipinski definition) is 4. The molecule has 0 bridgehead atoms. The highest BCUT2D eigenvalue weighted by atomic mass is 32.1. The van der Waals surface area contributed by atoms with E-state index in [9.17, 15) is 9.59 Å². The zero-order valence-electron chi connectivity index (χ0n) is 10.7. The van der Waals surface area contributed by atoms with Gasteiger partial charge in [-0.2, -0.15) is 5.10 Å². The Labute approximate surface area is 119 Å². The average Bonchev–Trinajstić information content (AvgIpc) is 3.11. The Kier molecular flexibility index (Phi) is 3.47. The molecule has 0 fully saturated rings. The molecule has 20 heavy (non-hydrogen) atoms. The van der Waals surface area contributed by atoms with Gasteiger partial charge in [0, 0.05) is 25.4 Å². The third-order valence-corrected chi connectivity index (χ3v) is 4.05. The van der Waals surface area contributed by atoms with Crippen LogP contribution in [0.5, 0.6) is 0 Å². The van der Waals surface area contributed by atoms with Gasteiger partial charge in [0.1, 0.15) is 5.52 Å². The second-order valence-corrected chi connectivity index (χ2v) is 5.41. The Morgan fingerprint density at radius 3 is 3.00 bits per heavy atom. The molecule has 0 unspecified atom stereocenters. The van der Waals surface area contributed by atoms with Crippen LogP contribution >= 0.6 is 11.3 Å². The molecule has 3 heterocycles. The quantitative estimate of drug-likeness (QED) is 0.676. The van der Waals surface area contributed by atoms with Gasteiger partial charge >= 0.3 is 0 Å². The molecule has 0 saturated carbocycles. The lowest BCUT2D eigenvalue weighted by molar-refractivity contribution is 0.0982. The van der Waals surface area contributed by atoms with Gasteiger partial charge in [-0.25, -0.2) is 4.52 Å². The number of fused-ring (bicyclic) bond motifs is 1. The molecule has 0 atom stereocenters. The zero-order chi connectivity index (χ0) is 13.9. The fourth-order valence-electron chi connectivity index (χ4n) is 2.11. The van der Waals surface area contributed by atoms with Crippen molar-refractivity contribution < 1.29 is 4.79 Å². The fraction of sp³-hybridized carbons (Fsp3) is 0.214. The van der Waals surface area contributed by atoms with Gasteiger partial charge in [0.15, 0.2) is 5.78 Å². The number of rotatable bonds is 5. The average molecular weight is 287 g/mol. The minimum atomic E-state index is -0.0754. The van der Waals surface area contributed by atoms with Crippen LogP contribution in [0.1, 0.15) is 22.5 Å². The first kappa shape index (κ1) is 12.8. The Morgan fingerprint density at radius 1 is 1.30 bits per heavy atom. The van der Waals surface area contributed by atoms with Crippen molar-refractivity contribution in [3.05, 3.63) is 57.4 Å². The minimum Gasteiger partial charge on any atom is -0.312 e. The molecule has 0 aromatic carbocycles. The molecule has 102 valence electrons. The third-order valence-electron chi connectivity index (χ3n) is 3.14. The van der Waals surface area contributed by atoms with Crippen LogP contribution in [-0.2, 0) is 6.54 Å². The lowest BCUT2D eigenvalue weighted by Crippen LogP contribution is -2.21. The molecule has 0 amide bonds. The van der Waals surface area contributed by atoms with E-state index >= 15 is 0 Å². The molecule has 3 aromatic heterocycles. The van der Waals surface area contributed by atoms with Crippen molar-refractivity contribution >= 4 is 22.6 Å². The summed E-state index contributed by atoms with van der Waals surface area (Å²) in [6.07, 6.45) is 6.16. The fourth-order valence-corrected chi connectivity index (χ4v) is 2.80. The van der Waals surface area contributed by atoms with E-state index < -0.39 is 0 Å². The number of carbonyl (C=O) groups excluding carboxylic acids is 1. The number of thiophene rings is 1. The smallest absolute Gasteiger partial charge is 0.276 e. The Morgan fingerprint density at radius 2 is 2.20 bits per heavy atom. The van der Waals surface area contributed by atoms with Crippen LogP contribution in [0.2, 0.25) is 0 Å². The van der Waals surface area contributed by atoms with Gasteiger partial charge in [0.2, 0.25) is 0 Å². The normalized spacial score (nSPS) is 11.0. The predicted octanol–water partition coefficient (Wildman–Crippen LogP) is 2.22. The van der Waals surface area contributed by atoms with Crippen molar-refractivity contribution in [1.29, 1.82) is 0 Å². The Balaban J connectivity index is 1.67. The van der Waals surface area contributed by atoms with E-state index in [1.165, 1.54) is 11.3 Å². The number of Topliss-reactive ketones (excluding diaryl/α,β-unsaturated/α-hetero) is 1. The van der Waals surface area contributed by atoms with E-state index in [1.54, 1.807) is 33.7 Å². The van der Waals surface area contributed by atoms with E-state index in [4.69, 9.17) is 0 Å². The van der Waals surface area contributed by atoms with Crippen molar-refractivity contribution in [3.8, 4) is 0 Å². The van der Waals surface area contributed by atoms with Crippen LogP contribution in [-0.4, -0.2) is 20.0 Å². The van der Waals surface area contributed by atoms with Gasteiger partial charge < -0.3 is 4.57 Å². The number of hydrogen-bond donors (Lipinski definition) is 0. The van der Waals surface area contributed by atoms with Crippen molar-refractivity contribution in [2.24, 2.45) is 0 Å². The number of aromatic nitrogens is 3. The molecule has 0 aliphatic carbocycles. The van der Waals surface area contributed by atoms with Gasteiger partial charge in [-0.1, -0.05) is 6.07 Å². The lowest BCUT2D eigenvalue weighted by atomic mass is 10.2. The lowest BCUT2D eigenvalue weighted by Gasteiger charge is -2.05. The topological polar surface area (TPSA) is 56.4 Å². The van der Waals surface area contributed by atoms with Crippen LogP contribution in [0.25, 0.3) is 5.52 Å². The first-order chi connectivity index (χ1) is 9.75. The van der Waals surface area contributed by atoms with Crippen LogP contribution in [0.15, 0.2) is 47.0 Å². The van der Waals surface area contributed by atoms with E-state index in [0.29, 0.717) is 24.9 Å². The summed E-state index contributed by atoms with van der Waals surface area (Å²) in [4.78, 5) is 24.8. The van der Waals surface area contributed by atoms with Crippen molar-refractivity contribution in [3.63, 3.8) is 0 Å². The van der Waals surface area contributed by atoms with Gasteiger partial charge in [0.05, 0.1) is 11.1 Å². The second-order valence-electron chi connectivity index (χ2n) is 4.46. The first-order valence-corrected chi connectivity index (χ1v) is 7.23. The van der Waals surface area contributed by atoms with E-state index in [0.717, 1.165) is 4.88 Å². The highest BCUT2D eigenvalue weighted by molar-refractivity contribution is 7.12. The summed E-state index contributed by atoms with van der Waals surface area (Å²) in [6, 6.07) is 5.39. The van der Waals surface area contributed by atoms with Crippen LogP contribution in [0.4, 0.5) is 0 Å². The largest absolute Gasteiger partial charge is 0.312 e. The third kappa shape index (κ3) is 2.42.